The summed E-state index contributed by atoms with van der Waals surface area (Å²) in [6.45, 7) is 3.13. The molecule has 0 aromatic heterocycles. The minimum absolute atomic E-state index is 0. The molecule has 0 aliphatic heterocycles. The van der Waals surface area contributed by atoms with E-state index < -0.39 is 0 Å². The molecule has 0 bridgehead atoms. The number of hydrogen-bond donors (Lipinski definition) is 3. The van der Waals surface area contributed by atoms with Gasteiger partial charge >= 0.3 is 0 Å². The summed E-state index contributed by atoms with van der Waals surface area (Å²) >= 11 is 0. The van der Waals surface area contributed by atoms with Crippen LogP contribution in [0.25, 0.3) is 0 Å². The molecule has 0 amide bonds. The summed E-state index contributed by atoms with van der Waals surface area (Å²) in [5, 5.41) is 3.03. The van der Waals surface area contributed by atoms with Crippen molar-refractivity contribution in [2.24, 2.45) is 11.5 Å². The van der Waals surface area contributed by atoms with Crippen molar-refractivity contribution in [1.82, 2.24) is 5.32 Å². The fraction of sp³-hybridized carbons (Fsp3) is 1.00. The van der Waals surface area contributed by atoms with E-state index in [0.29, 0.717) is 13.1 Å². The largest absolute Gasteiger partial charge is 0.329 e. The van der Waals surface area contributed by atoms with Crippen molar-refractivity contribution >= 4 is 18.9 Å². The molecular formula is C4H13LiN3. The van der Waals surface area contributed by atoms with Crippen molar-refractivity contribution in [1.29, 1.82) is 0 Å². The van der Waals surface area contributed by atoms with Crippen LogP contribution < -0.4 is 16.8 Å². The molecule has 0 saturated carbocycles. The third kappa shape index (κ3) is 9.69. The Hall–Kier alpha value is 0.477. The van der Waals surface area contributed by atoms with Crippen LogP contribution in [-0.2, 0) is 0 Å². The number of nitrogens with two attached hydrogens (primary N) is 2. The topological polar surface area (TPSA) is 64.1 Å². The van der Waals surface area contributed by atoms with Gasteiger partial charge < -0.3 is 16.8 Å². The Labute approximate surface area is 62.4 Å². The Morgan fingerprint density at radius 1 is 1.00 bits per heavy atom. The monoisotopic (exact) mass is 110 g/mol. The summed E-state index contributed by atoms with van der Waals surface area (Å²) < 4.78 is 0. The molecule has 0 spiro atoms. The molecule has 0 atom stereocenters. The molecule has 5 N–H and O–H groups in total. The van der Waals surface area contributed by atoms with E-state index in [4.69, 9.17) is 11.5 Å². The molecule has 0 heterocycles. The summed E-state index contributed by atoms with van der Waals surface area (Å²) in [7, 11) is 0. The van der Waals surface area contributed by atoms with E-state index in [9.17, 15) is 0 Å². The Bertz CT molecular complexity index is 30.5. The van der Waals surface area contributed by atoms with Crippen molar-refractivity contribution in [2.75, 3.05) is 26.2 Å². The summed E-state index contributed by atoms with van der Waals surface area (Å²) in [5.74, 6) is 0. The average molecular weight is 110 g/mol. The van der Waals surface area contributed by atoms with Crippen LogP contribution in [0.3, 0.4) is 0 Å². The summed E-state index contributed by atoms with van der Waals surface area (Å²) in [4.78, 5) is 0. The van der Waals surface area contributed by atoms with Gasteiger partial charge in [0.05, 0.1) is 0 Å². The van der Waals surface area contributed by atoms with Crippen molar-refractivity contribution in [2.45, 2.75) is 0 Å². The van der Waals surface area contributed by atoms with Crippen LogP contribution in [0, 0.1) is 0 Å². The van der Waals surface area contributed by atoms with Crippen molar-refractivity contribution in [3.8, 4) is 0 Å². The Balaban J connectivity index is 0. The molecule has 0 unspecified atom stereocenters. The first kappa shape index (κ1) is 11.3. The van der Waals surface area contributed by atoms with Gasteiger partial charge in [0.25, 0.3) is 0 Å². The van der Waals surface area contributed by atoms with Gasteiger partial charge in [0.2, 0.25) is 0 Å². The first-order valence-electron chi connectivity index (χ1n) is 2.52. The van der Waals surface area contributed by atoms with E-state index >= 15 is 0 Å². The van der Waals surface area contributed by atoms with Gasteiger partial charge in [0.1, 0.15) is 0 Å². The van der Waals surface area contributed by atoms with E-state index in [1.165, 1.54) is 0 Å². The predicted octanol–water partition coefficient (Wildman–Crippen LogP) is -1.89. The van der Waals surface area contributed by atoms with Crippen LogP contribution in [0.2, 0.25) is 0 Å². The first-order valence-corrected chi connectivity index (χ1v) is 2.52. The number of rotatable bonds is 4. The van der Waals surface area contributed by atoms with Crippen LogP contribution in [0.5, 0.6) is 0 Å². The molecular weight excluding hydrogens is 97.0 g/mol. The summed E-state index contributed by atoms with van der Waals surface area (Å²) in [5.41, 5.74) is 10.3. The standard InChI is InChI=1S/C4H13N3.Li/c5-1-3-7-4-2-6;/h7H,1-6H2;. The molecule has 8 heavy (non-hydrogen) atoms. The Morgan fingerprint density at radius 2 is 1.38 bits per heavy atom. The maximum absolute atomic E-state index is 5.17. The third-order valence-electron chi connectivity index (χ3n) is 0.642. The molecule has 3 nitrogen and oxygen atoms in total. The van der Waals surface area contributed by atoms with Crippen LogP contribution in [0.1, 0.15) is 0 Å². The first-order chi connectivity index (χ1) is 3.41. The minimum Gasteiger partial charge on any atom is -0.329 e. The second kappa shape index (κ2) is 10.5. The zero-order valence-corrected chi connectivity index (χ0v) is 5.48. The molecule has 1 radical (unpaired) electrons. The second-order valence-corrected chi connectivity index (χ2v) is 1.33. The Morgan fingerprint density at radius 3 is 1.62 bits per heavy atom. The van der Waals surface area contributed by atoms with Crippen LogP contribution in [0.4, 0.5) is 0 Å². The molecule has 0 rings (SSSR count). The van der Waals surface area contributed by atoms with Gasteiger partial charge in [-0.1, -0.05) is 0 Å². The van der Waals surface area contributed by atoms with Crippen molar-refractivity contribution < 1.29 is 0 Å². The van der Waals surface area contributed by atoms with E-state index in [1.807, 2.05) is 0 Å². The molecule has 45 valence electrons. The number of hydrogen-bond acceptors (Lipinski definition) is 3. The molecule has 0 fully saturated rings. The van der Waals surface area contributed by atoms with E-state index in [2.05, 4.69) is 5.32 Å². The zero-order chi connectivity index (χ0) is 5.54. The fourth-order valence-corrected chi connectivity index (χ4v) is 0.329. The maximum Gasteiger partial charge on any atom is 0.00750 e. The third-order valence-corrected chi connectivity index (χ3v) is 0.642. The number of nitrogens with one attached hydrogen (secondary N) is 1. The van der Waals surface area contributed by atoms with Crippen LogP contribution in [-0.4, -0.2) is 45.0 Å². The van der Waals surface area contributed by atoms with Gasteiger partial charge in [-0.2, -0.15) is 0 Å². The average Bonchev–Trinajstić information content (AvgIpc) is 1.69. The fourth-order valence-electron chi connectivity index (χ4n) is 0.329. The molecule has 0 aliphatic rings. The Kier molecular flexibility index (Phi) is 14.8. The van der Waals surface area contributed by atoms with Gasteiger partial charge in [0.15, 0.2) is 0 Å². The van der Waals surface area contributed by atoms with Gasteiger partial charge in [-0.15, -0.1) is 0 Å². The van der Waals surface area contributed by atoms with E-state index in [0.717, 1.165) is 13.1 Å². The van der Waals surface area contributed by atoms with E-state index in [1.54, 1.807) is 0 Å². The molecule has 4 heteroatoms. The second-order valence-electron chi connectivity index (χ2n) is 1.33. The smallest absolute Gasteiger partial charge is 0.00750 e. The quantitative estimate of drug-likeness (QED) is 0.293. The van der Waals surface area contributed by atoms with Crippen molar-refractivity contribution in [3.63, 3.8) is 0 Å². The molecule has 0 saturated heterocycles. The summed E-state index contributed by atoms with van der Waals surface area (Å²) in [6.07, 6.45) is 0. The van der Waals surface area contributed by atoms with Crippen LogP contribution in [0.15, 0.2) is 0 Å². The molecule has 0 aromatic carbocycles. The SMILES string of the molecule is NCCNCCN.[Li]. The van der Waals surface area contributed by atoms with Gasteiger partial charge in [-0.3, -0.25) is 0 Å². The predicted molar refractivity (Wildman–Crippen MR) is 36.7 cm³/mol. The molecule has 0 aromatic rings. The maximum atomic E-state index is 5.17. The van der Waals surface area contributed by atoms with Crippen molar-refractivity contribution in [3.05, 3.63) is 0 Å². The van der Waals surface area contributed by atoms with Crippen LogP contribution >= 0.6 is 0 Å². The zero-order valence-electron chi connectivity index (χ0n) is 5.48. The minimum atomic E-state index is 0. The van der Waals surface area contributed by atoms with Gasteiger partial charge in [0, 0.05) is 45.0 Å². The normalized spacial score (nSPS) is 8.25. The molecule has 0 aliphatic carbocycles. The summed E-state index contributed by atoms with van der Waals surface area (Å²) in [6, 6.07) is 0. The van der Waals surface area contributed by atoms with Gasteiger partial charge in [-0.05, 0) is 0 Å². The van der Waals surface area contributed by atoms with E-state index in [-0.39, 0.29) is 18.9 Å². The van der Waals surface area contributed by atoms with Gasteiger partial charge in [-0.25, -0.2) is 0 Å².